The molecule has 2 atom stereocenters. The molecule has 0 aliphatic carbocycles. The second-order valence-electron chi connectivity index (χ2n) is 4.65. The van der Waals surface area contributed by atoms with Crippen LogP contribution in [0.3, 0.4) is 0 Å². The van der Waals surface area contributed by atoms with Crippen molar-refractivity contribution >= 4 is 0 Å². The van der Waals surface area contributed by atoms with Gasteiger partial charge in [-0.15, -0.1) is 0 Å². The molecule has 0 aromatic carbocycles. The molecule has 4 heteroatoms. The Morgan fingerprint density at radius 1 is 1.50 bits per heavy atom. The summed E-state index contributed by atoms with van der Waals surface area (Å²) in [5.74, 6) is 0. The number of hydrogen-bond donors (Lipinski definition) is 1. The maximum Gasteiger partial charge on any atom is 0.100 e. The van der Waals surface area contributed by atoms with Crippen LogP contribution in [0.25, 0.3) is 0 Å². The zero-order valence-electron chi connectivity index (χ0n) is 11.2. The molecule has 1 fully saturated rings. The normalized spacial score (nSPS) is 21.8. The van der Waals surface area contributed by atoms with Crippen molar-refractivity contribution < 1.29 is 9.47 Å². The van der Waals surface area contributed by atoms with Crippen LogP contribution in [0.2, 0.25) is 0 Å². The van der Waals surface area contributed by atoms with E-state index in [0.29, 0.717) is 19.8 Å². The second-order valence-corrected chi connectivity index (χ2v) is 4.65. The zero-order chi connectivity index (χ0) is 12.8. The number of aryl methyl sites for hydroxylation is 1. The third-order valence-corrected chi connectivity index (χ3v) is 3.24. The van der Waals surface area contributed by atoms with Gasteiger partial charge in [-0.2, -0.15) is 0 Å². The number of pyridine rings is 1. The van der Waals surface area contributed by atoms with Gasteiger partial charge in [-0.25, -0.2) is 0 Å². The van der Waals surface area contributed by atoms with Gasteiger partial charge in [0, 0.05) is 12.4 Å². The van der Waals surface area contributed by atoms with Crippen LogP contribution in [0, 0.1) is 6.92 Å². The summed E-state index contributed by atoms with van der Waals surface area (Å²) in [6, 6.07) is 2.21. The average molecular weight is 250 g/mol. The van der Waals surface area contributed by atoms with Gasteiger partial charge in [0.15, 0.2) is 0 Å². The molecule has 1 saturated heterocycles. The van der Waals surface area contributed by atoms with E-state index in [-0.39, 0.29) is 12.1 Å². The van der Waals surface area contributed by atoms with Crippen molar-refractivity contribution in [3.8, 4) is 0 Å². The molecule has 1 N–H and O–H groups in total. The third-order valence-electron chi connectivity index (χ3n) is 3.24. The van der Waals surface area contributed by atoms with Gasteiger partial charge in [-0.05, 0) is 37.1 Å². The summed E-state index contributed by atoms with van der Waals surface area (Å²) in [6.07, 6.45) is 4.94. The van der Waals surface area contributed by atoms with E-state index in [1.54, 1.807) is 0 Å². The summed E-state index contributed by atoms with van der Waals surface area (Å²) < 4.78 is 11.4. The monoisotopic (exact) mass is 250 g/mol. The number of ether oxygens (including phenoxy) is 2. The number of nitrogens with one attached hydrogen (secondary N) is 1. The fourth-order valence-electron chi connectivity index (χ4n) is 2.24. The Bertz CT molecular complexity index is 365. The van der Waals surface area contributed by atoms with Crippen molar-refractivity contribution in [1.82, 2.24) is 10.3 Å². The first-order chi connectivity index (χ1) is 8.83. The maximum atomic E-state index is 5.83. The highest BCUT2D eigenvalue weighted by Crippen LogP contribution is 2.23. The second kappa shape index (κ2) is 6.83. The Balaban J connectivity index is 2.15. The van der Waals surface area contributed by atoms with Crippen molar-refractivity contribution in [3.63, 3.8) is 0 Å². The number of nitrogens with zero attached hydrogens (tertiary/aromatic N) is 1. The lowest BCUT2D eigenvalue weighted by Crippen LogP contribution is -2.41. The summed E-state index contributed by atoms with van der Waals surface area (Å²) >= 11 is 0. The van der Waals surface area contributed by atoms with Crippen molar-refractivity contribution in [3.05, 3.63) is 29.6 Å². The quantitative estimate of drug-likeness (QED) is 0.866. The van der Waals surface area contributed by atoms with E-state index in [1.165, 1.54) is 11.1 Å². The molecule has 4 nitrogen and oxygen atoms in total. The molecule has 2 heterocycles. The smallest absolute Gasteiger partial charge is 0.100 e. The summed E-state index contributed by atoms with van der Waals surface area (Å²) in [6.45, 7) is 7.27. The topological polar surface area (TPSA) is 43.4 Å². The van der Waals surface area contributed by atoms with Crippen LogP contribution in [-0.2, 0) is 9.47 Å². The van der Waals surface area contributed by atoms with Gasteiger partial charge in [0.25, 0.3) is 0 Å². The Labute approximate surface area is 109 Å². The molecular formula is C14H22N2O2. The first-order valence-corrected chi connectivity index (χ1v) is 6.66. The number of aromatic nitrogens is 1. The minimum Gasteiger partial charge on any atom is -0.376 e. The standard InChI is InChI=1S/C14H22N2O2/c1-3-5-16-14(13-10-17-7-8-18-13)12-9-15-6-4-11(12)2/h4,6,9,13-14,16H,3,5,7-8,10H2,1-2H3. The first kappa shape index (κ1) is 13.5. The molecule has 1 aliphatic heterocycles. The lowest BCUT2D eigenvalue weighted by molar-refractivity contribution is -0.102. The average Bonchev–Trinajstić information content (AvgIpc) is 2.42. The SMILES string of the molecule is CCCNC(c1cnccc1C)C1COCCO1. The van der Waals surface area contributed by atoms with Gasteiger partial charge in [0.1, 0.15) is 6.10 Å². The molecule has 0 spiro atoms. The van der Waals surface area contributed by atoms with Gasteiger partial charge in [-0.3, -0.25) is 4.98 Å². The van der Waals surface area contributed by atoms with Gasteiger partial charge in [0.05, 0.1) is 25.9 Å². The molecule has 0 bridgehead atoms. The number of hydrogen-bond acceptors (Lipinski definition) is 4. The van der Waals surface area contributed by atoms with Crippen LogP contribution >= 0.6 is 0 Å². The Kier molecular flexibility index (Phi) is 5.11. The molecule has 0 saturated carbocycles. The van der Waals surface area contributed by atoms with E-state index in [9.17, 15) is 0 Å². The van der Waals surface area contributed by atoms with Crippen molar-refractivity contribution in [2.75, 3.05) is 26.4 Å². The first-order valence-electron chi connectivity index (χ1n) is 6.66. The Morgan fingerprint density at radius 2 is 2.39 bits per heavy atom. The highest BCUT2D eigenvalue weighted by atomic mass is 16.6. The van der Waals surface area contributed by atoms with Crippen LogP contribution < -0.4 is 5.32 Å². The van der Waals surface area contributed by atoms with Crippen molar-refractivity contribution in [2.24, 2.45) is 0 Å². The van der Waals surface area contributed by atoms with Crippen LogP contribution in [0.15, 0.2) is 18.5 Å². The highest BCUT2D eigenvalue weighted by molar-refractivity contribution is 5.26. The zero-order valence-corrected chi connectivity index (χ0v) is 11.2. The predicted molar refractivity (Wildman–Crippen MR) is 70.6 cm³/mol. The van der Waals surface area contributed by atoms with Crippen molar-refractivity contribution in [1.29, 1.82) is 0 Å². The van der Waals surface area contributed by atoms with E-state index < -0.39 is 0 Å². The summed E-state index contributed by atoms with van der Waals surface area (Å²) in [4.78, 5) is 4.23. The van der Waals surface area contributed by atoms with E-state index in [4.69, 9.17) is 9.47 Å². The van der Waals surface area contributed by atoms with Gasteiger partial charge >= 0.3 is 0 Å². The lowest BCUT2D eigenvalue weighted by Gasteiger charge is -2.32. The Morgan fingerprint density at radius 3 is 3.06 bits per heavy atom. The lowest BCUT2D eigenvalue weighted by atomic mass is 9.98. The largest absolute Gasteiger partial charge is 0.376 e. The summed E-state index contributed by atoms with van der Waals surface area (Å²) in [5, 5.41) is 3.55. The van der Waals surface area contributed by atoms with Crippen LogP contribution in [0.5, 0.6) is 0 Å². The minimum atomic E-state index is 0.0770. The molecular weight excluding hydrogens is 228 g/mol. The molecule has 1 aromatic heterocycles. The predicted octanol–water partition coefficient (Wildman–Crippen LogP) is 1.85. The summed E-state index contributed by atoms with van der Waals surface area (Å²) in [7, 11) is 0. The van der Waals surface area contributed by atoms with Crippen LogP contribution in [0.1, 0.15) is 30.5 Å². The number of rotatable bonds is 5. The minimum absolute atomic E-state index is 0.0770. The van der Waals surface area contributed by atoms with Gasteiger partial charge in [-0.1, -0.05) is 6.92 Å². The third kappa shape index (κ3) is 3.28. The molecule has 0 amide bonds. The van der Waals surface area contributed by atoms with Crippen LogP contribution in [-0.4, -0.2) is 37.5 Å². The fraction of sp³-hybridized carbons (Fsp3) is 0.643. The van der Waals surface area contributed by atoms with E-state index in [0.717, 1.165) is 13.0 Å². The Hall–Kier alpha value is -0.970. The molecule has 1 aliphatic rings. The molecule has 2 rings (SSSR count). The molecule has 1 aromatic rings. The maximum absolute atomic E-state index is 5.83. The fourth-order valence-corrected chi connectivity index (χ4v) is 2.24. The van der Waals surface area contributed by atoms with Crippen molar-refractivity contribution in [2.45, 2.75) is 32.4 Å². The van der Waals surface area contributed by atoms with Crippen LogP contribution in [0.4, 0.5) is 0 Å². The van der Waals surface area contributed by atoms with Gasteiger partial charge < -0.3 is 14.8 Å². The van der Waals surface area contributed by atoms with Gasteiger partial charge in [0.2, 0.25) is 0 Å². The van der Waals surface area contributed by atoms with E-state index >= 15 is 0 Å². The molecule has 100 valence electrons. The van der Waals surface area contributed by atoms with E-state index in [2.05, 4.69) is 24.1 Å². The summed E-state index contributed by atoms with van der Waals surface area (Å²) in [5.41, 5.74) is 2.45. The molecule has 18 heavy (non-hydrogen) atoms. The highest BCUT2D eigenvalue weighted by Gasteiger charge is 2.27. The van der Waals surface area contributed by atoms with E-state index in [1.807, 2.05) is 18.5 Å². The molecule has 2 unspecified atom stereocenters. The molecule has 0 radical (unpaired) electrons.